The zero-order valence-corrected chi connectivity index (χ0v) is 17.8. The summed E-state index contributed by atoms with van der Waals surface area (Å²) in [6.07, 6.45) is 2.78. The highest BCUT2D eigenvalue weighted by atomic mass is 16.3. The van der Waals surface area contributed by atoms with E-state index in [-0.39, 0.29) is 11.7 Å². The third kappa shape index (κ3) is 4.05. The lowest BCUT2D eigenvalue weighted by molar-refractivity contribution is 0.0959. The van der Waals surface area contributed by atoms with Gasteiger partial charge in [0.2, 0.25) is 5.95 Å². The lowest BCUT2D eigenvalue weighted by Gasteiger charge is -2.35. The number of Topliss-reactive ketones (excluding diaryl/α,β-unsaturated/α-hetero) is 1. The van der Waals surface area contributed by atoms with E-state index in [1.807, 2.05) is 19.2 Å². The first-order valence-corrected chi connectivity index (χ1v) is 10.9. The molecule has 0 spiro atoms. The normalized spacial score (nSPS) is 19.3. The van der Waals surface area contributed by atoms with Crippen molar-refractivity contribution < 1.29 is 9.21 Å². The Morgan fingerprint density at radius 3 is 2.55 bits per heavy atom. The van der Waals surface area contributed by atoms with Gasteiger partial charge in [-0.15, -0.1) is 0 Å². The van der Waals surface area contributed by atoms with Gasteiger partial charge in [-0.1, -0.05) is 30.3 Å². The minimum absolute atomic E-state index is 0.0326. The van der Waals surface area contributed by atoms with Gasteiger partial charge in [0, 0.05) is 58.5 Å². The van der Waals surface area contributed by atoms with E-state index in [2.05, 4.69) is 45.4 Å². The lowest BCUT2D eigenvalue weighted by atomic mass is 9.84. The van der Waals surface area contributed by atoms with E-state index in [9.17, 15) is 4.79 Å². The van der Waals surface area contributed by atoms with Crippen LogP contribution >= 0.6 is 0 Å². The number of carbonyl (C=O) groups is 1. The summed E-state index contributed by atoms with van der Waals surface area (Å²) in [6.45, 7) is 4.60. The molecule has 1 saturated heterocycles. The largest absolute Gasteiger partial charge is 0.469 e. The Bertz CT molecular complexity index is 1040. The molecule has 3 aromatic rings. The van der Waals surface area contributed by atoms with Crippen molar-refractivity contribution in [3.05, 3.63) is 71.3 Å². The van der Waals surface area contributed by atoms with Crippen LogP contribution in [0.15, 0.2) is 53.1 Å². The van der Waals surface area contributed by atoms with E-state index in [1.165, 1.54) is 5.56 Å². The van der Waals surface area contributed by atoms with Crippen LogP contribution in [-0.4, -0.2) is 53.9 Å². The van der Waals surface area contributed by atoms with Crippen LogP contribution in [0.4, 0.5) is 11.8 Å². The summed E-state index contributed by atoms with van der Waals surface area (Å²) in [5.74, 6) is 2.29. The summed E-state index contributed by atoms with van der Waals surface area (Å²) in [5.41, 5.74) is 2.79. The SMILES string of the molecule is CNc1nc(N2CCN(Cc3ccccc3)CC2)nc2c1C(=O)CC(c1ccco1)C2. The third-order valence-electron chi connectivity index (χ3n) is 6.21. The van der Waals surface area contributed by atoms with Crippen LogP contribution < -0.4 is 10.2 Å². The highest BCUT2D eigenvalue weighted by Crippen LogP contribution is 2.35. The minimum atomic E-state index is 0.0326. The summed E-state index contributed by atoms with van der Waals surface area (Å²) in [4.78, 5) is 27.2. The summed E-state index contributed by atoms with van der Waals surface area (Å²) in [6, 6.07) is 14.4. The van der Waals surface area contributed by atoms with Crippen molar-refractivity contribution in [3.63, 3.8) is 0 Å². The van der Waals surface area contributed by atoms with E-state index < -0.39 is 0 Å². The number of aromatic nitrogens is 2. The van der Waals surface area contributed by atoms with Gasteiger partial charge >= 0.3 is 0 Å². The summed E-state index contributed by atoms with van der Waals surface area (Å²) >= 11 is 0. The van der Waals surface area contributed by atoms with Gasteiger partial charge in [0.15, 0.2) is 5.78 Å². The number of rotatable bonds is 5. The Morgan fingerprint density at radius 1 is 1.03 bits per heavy atom. The van der Waals surface area contributed by atoms with Gasteiger partial charge < -0.3 is 14.6 Å². The molecule has 1 fully saturated rings. The molecule has 0 amide bonds. The number of nitrogens with zero attached hydrogens (tertiary/aromatic N) is 4. The number of piperazine rings is 1. The number of benzene rings is 1. The Balaban J connectivity index is 1.34. The maximum Gasteiger partial charge on any atom is 0.227 e. The maximum atomic E-state index is 12.9. The molecule has 3 heterocycles. The summed E-state index contributed by atoms with van der Waals surface area (Å²) in [5, 5.41) is 3.12. The zero-order valence-electron chi connectivity index (χ0n) is 17.8. The highest BCUT2D eigenvalue weighted by molar-refractivity contribution is 6.03. The van der Waals surface area contributed by atoms with Crippen molar-refractivity contribution in [1.29, 1.82) is 0 Å². The molecule has 1 atom stereocenters. The van der Waals surface area contributed by atoms with E-state index >= 15 is 0 Å². The van der Waals surface area contributed by atoms with Gasteiger partial charge in [0.25, 0.3) is 0 Å². The molecule has 160 valence electrons. The topological polar surface area (TPSA) is 74.5 Å². The number of fused-ring (bicyclic) bond motifs is 1. The molecule has 1 aliphatic carbocycles. The van der Waals surface area contributed by atoms with Gasteiger partial charge in [0.05, 0.1) is 17.5 Å². The standard InChI is InChI=1S/C24H27N5O2/c1-25-23-22-19(14-18(15-20(22)30)21-8-5-13-31-21)26-24(27-23)29-11-9-28(10-12-29)16-17-6-3-2-4-7-17/h2-8,13,18H,9-12,14-16H2,1H3,(H,25,26,27). The highest BCUT2D eigenvalue weighted by Gasteiger charge is 2.33. The number of nitrogens with one attached hydrogen (secondary N) is 1. The molecule has 1 unspecified atom stereocenters. The molecule has 1 aliphatic heterocycles. The van der Waals surface area contributed by atoms with Crippen LogP contribution in [0.1, 0.15) is 39.7 Å². The second-order valence-corrected chi connectivity index (χ2v) is 8.24. The van der Waals surface area contributed by atoms with Crippen molar-refractivity contribution in [2.24, 2.45) is 0 Å². The third-order valence-corrected chi connectivity index (χ3v) is 6.21. The smallest absolute Gasteiger partial charge is 0.227 e. The van der Waals surface area contributed by atoms with Crippen molar-refractivity contribution in [1.82, 2.24) is 14.9 Å². The molecule has 0 saturated carbocycles. The fourth-order valence-electron chi connectivity index (χ4n) is 4.56. The molecule has 7 nitrogen and oxygen atoms in total. The first-order valence-electron chi connectivity index (χ1n) is 10.9. The van der Waals surface area contributed by atoms with E-state index in [0.29, 0.717) is 30.2 Å². The molecule has 1 N–H and O–H groups in total. The number of hydrogen-bond donors (Lipinski definition) is 1. The van der Waals surface area contributed by atoms with Crippen LogP contribution in [0, 0.1) is 0 Å². The molecule has 7 heteroatoms. The van der Waals surface area contributed by atoms with E-state index in [4.69, 9.17) is 14.4 Å². The van der Waals surface area contributed by atoms with Crippen molar-refractivity contribution in [2.75, 3.05) is 43.4 Å². The van der Waals surface area contributed by atoms with Gasteiger partial charge in [-0.05, 0) is 17.7 Å². The lowest BCUT2D eigenvalue weighted by Crippen LogP contribution is -2.46. The Labute approximate surface area is 182 Å². The quantitative estimate of drug-likeness (QED) is 0.682. The number of ketones is 1. The molecule has 5 rings (SSSR count). The van der Waals surface area contributed by atoms with Crippen molar-refractivity contribution in [2.45, 2.75) is 25.3 Å². The fourth-order valence-corrected chi connectivity index (χ4v) is 4.56. The Morgan fingerprint density at radius 2 is 1.84 bits per heavy atom. The second kappa shape index (κ2) is 8.51. The fraction of sp³-hybridized carbons (Fsp3) is 0.375. The molecule has 0 radical (unpaired) electrons. The van der Waals surface area contributed by atoms with Gasteiger partial charge in [-0.3, -0.25) is 9.69 Å². The van der Waals surface area contributed by atoms with Crippen LogP contribution in [0.25, 0.3) is 0 Å². The molecule has 2 aliphatic rings. The molecule has 2 aromatic heterocycles. The number of hydrogen-bond acceptors (Lipinski definition) is 7. The minimum Gasteiger partial charge on any atom is -0.469 e. The maximum absolute atomic E-state index is 12.9. The molecule has 1 aromatic carbocycles. The molecular formula is C24H27N5O2. The number of furan rings is 1. The van der Waals surface area contributed by atoms with Crippen molar-refractivity contribution >= 4 is 17.5 Å². The van der Waals surface area contributed by atoms with E-state index in [0.717, 1.165) is 44.2 Å². The van der Waals surface area contributed by atoms with Crippen LogP contribution in [0.5, 0.6) is 0 Å². The summed E-state index contributed by atoms with van der Waals surface area (Å²) in [7, 11) is 1.82. The van der Waals surface area contributed by atoms with Crippen LogP contribution in [0.3, 0.4) is 0 Å². The van der Waals surface area contributed by atoms with Crippen LogP contribution in [-0.2, 0) is 13.0 Å². The first kappa shape index (κ1) is 19.8. The predicted molar refractivity (Wildman–Crippen MR) is 120 cm³/mol. The first-order chi connectivity index (χ1) is 15.2. The molecule has 31 heavy (non-hydrogen) atoms. The summed E-state index contributed by atoms with van der Waals surface area (Å²) < 4.78 is 5.57. The van der Waals surface area contributed by atoms with Gasteiger partial charge in [-0.25, -0.2) is 4.98 Å². The van der Waals surface area contributed by atoms with Crippen molar-refractivity contribution in [3.8, 4) is 0 Å². The number of anilines is 2. The van der Waals surface area contributed by atoms with Gasteiger partial charge in [0.1, 0.15) is 11.6 Å². The predicted octanol–water partition coefficient (Wildman–Crippen LogP) is 3.35. The molecule has 0 bridgehead atoms. The average Bonchev–Trinajstić information content (AvgIpc) is 3.34. The number of carbonyl (C=O) groups excluding carboxylic acids is 1. The Hall–Kier alpha value is -3.19. The van der Waals surface area contributed by atoms with Crippen LogP contribution in [0.2, 0.25) is 0 Å². The van der Waals surface area contributed by atoms with E-state index in [1.54, 1.807) is 6.26 Å². The average molecular weight is 418 g/mol. The second-order valence-electron chi connectivity index (χ2n) is 8.24. The Kier molecular flexibility index (Phi) is 5.42. The molecular weight excluding hydrogens is 390 g/mol. The van der Waals surface area contributed by atoms with Gasteiger partial charge in [-0.2, -0.15) is 4.98 Å². The monoisotopic (exact) mass is 417 g/mol. The zero-order chi connectivity index (χ0) is 21.2.